The molecule has 1 aromatic heterocycles. The molecule has 0 amide bonds. The molecule has 102 valence electrons. The van der Waals surface area contributed by atoms with E-state index < -0.39 is 5.76 Å². The molecular weight excluding hydrogens is 242 g/mol. The molecule has 0 aliphatic heterocycles. The maximum absolute atomic E-state index is 11.9. The van der Waals surface area contributed by atoms with E-state index in [2.05, 4.69) is 0 Å². The zero-order chi connectivity index (χ0) is 14.4. The van der Waals surface area contributed by atoms with E-state index in [0.29, 0.717) is 23.1 Å². The highest BCUT2D eigenvalue weighted by Gasteiger charge is 2.23. The van der Waals surface area contributed by atoms with Crippen molar-refractivity contribution in [3.05, 3.63) is 33.8 Å². The van der Waals surface area contributed by atoms with Gasteiger partial charge in [0.25, 0.3) is 0 Å². The van der Waals surface area contributed by atoms with Gasteiger partial charge in [-0.05, 0) is 17.5 Å². The minimum absolute atomic E-state index is 0.0704. The number of benzene rings is 1. The van der Waals surface area contributed by atoms with Crippen molar-refractivity contribution in [1.29, 1.82) is 0 Å². The summed E-state index contributed by atoms with van der Waals surface area (Å²) in [6, 6.07) is 3.58. The molecule has 0 radical (unpaired) electrons. The van der Waals surface area contributed by atoms with Crippen LogP contribution < -0.4 is 5.76 Å². The normalized spacial score (nSPS) is 12.1. The van der Waals surface area contributed by atoms with Crippen LogP contribution in [0.1, 0.15) is 50.0 Å². The molecule has 0 unspecified atom stereocenters. The first kappa shape index (κ1) is 13.6. The molecule has 2 aromatic rings. The summed E-state index contributed by atoms with van der Waals surface area (Å²) in [7, 11) is 1.65. The fourth-order valence-electron chi connectivity index (χ4n) is 2.15. The highest BCUT2D eigenvalue weighted by Crippen LogP contribution is 2.31. The van der Waals surface area contributed by atoms with Crippen molar-refractivity contribution in [1.82, 2.24) is 4.57 Å². The number of Topliss-reactive ketones (excluding diaryl/α,β-unsaturated/α-hetero) is 1. The molecule has 0 aliphatic carbocycles. The molecule has 0 aliphatic rings. The van der Waals surface area contributed by atoms with Crippen LogP contribution in [0, 0.1) is 0 Å². The van der Waals surface area contributed by atoms with Gasteiger partial charge in [0, 0.05) is 24.6 Å². The molecule has 2 rings (SSSR count). The maximum Gasteiger partial charge on any atom is 0.419 e. The smallest absolute Gasteiger partial charge is 0.407 e. The van der Waals surface area contributed by atoms with Crippen LogP contribution in [0.15, 0.2) is 21.3 Å². The Labute approximate surface area is 112 Å². The van der Waals surface area contributed by atoms with Crippen LogP contribution in [0.5, 0.6) is 0 Å². The van der Waals surface area contributed by atoms with Crippen LogP contribution in [-0.2, 0) is 12.5 Å². The van der Waals surface area contributed by atoms with Gasteiger partial charge in [-0.3, -0.25) is 9.36 Å². The molecule has 0 atom stereocenters. The van der Waals surface area contributed by atoms with Gasteiger partial charge >= 0.3 is 5.76 Å². The third kappa shape index (κ3) is 2.23. The lowest BCUT2D eigenvalue weighted by Crippen LogP contribution is -2.13. The number of oxazole rings is 1. The van der Waals surface area contributed by atoms with Crippen molar-refractivity contribution in [2.45, 2.75) is 39.5 Å². The maximum atomic E-state index is 11.9. The number of ketones is 1. The lowest BCUT2D eigenvalue weighted by molar-refractivity contribution is 0.0988. The van der Waals surface area contributed by atoms with Crippen LogP contribution >= 0.6 is 0 Å². The van der Waals surface area contributed by atoms with Gasteiger partial charge in [-0.2, -0.15) is 0 Å². The van der Waals surface area contributed by atoms with Gasteiger partial charge in [-0.15, -0.1) is 0 Å². The van der Waals surface area contributed by atoms with Crippen LogP contribution in [-0.4, -0.2) is 10.4 Å². The highest BCUT2D eigenvalue weighted by atomic mass is 16.4. The predicted molar refractivity (Wildman–Crippen MR) is 74.8 cm³/mol. The lowest BCUT2D eigenvalue weighted by Gasteiger charge is -2.19. The second-order valence-electron chi connectivity index (χ2n) is 5.83. The first-order valence-electron chi connectivity index (χ1n) is 6.43. The number of aromatic nitrogens is 1. The van der Waals surface area contributed by atoms with Crippen molar-refractivity contribution >= 4 is 16.9 Å². The molecule has 19 heavy (non-hydrogen) atoms. The number of nitrogens with zero attached hydrogens (tertiary/aromatic N) is 1. The number of carbonyl (C=O) groups is 1. The number of rotatable bonds is 2. The fourth-order valence-corrected chi connectivity index (χ4v) is 2.15. The SMILES string of the molecule is CCC(=O)c1cc(C(C)(C)C)c2oc(=O)n(C)c2c1. The van der Waals surface area contributed by atoms with Gasteiger partial charge < -0.3 is 4.42 Å². The summed E-state index contributed by atoms with van der Waals surface area (Å²) in [5.74, 6) is -0.331. The van der Waals surface area contributed by atoms with E-state index in [1.165, 1.54) is 4.57 Å². The number of fused-ring (bicyclic) bond motifs is 1. The molecule has 0 N–H and O–H groups in total. The summed E-state index contributed by atoms with van der Waals surface area (Å²) in [4.78, 5) is 23.6. The van der Waals surface area contributed by atoms with E-state index in [-0.39, 0.29) is 11.2 Å². The van der Waals surface area contributed by atoms with Crippen LogP contribution in [0.4, 0.5) is 0 Å². The Morgan fingerprint density at radius 2 is 1.95 bits per heavy atom. The second-order valence-corrected chi connectivity index (χ2v) is 5.83. The Kier molecular flexibility index (Phi) is 3.12. The summed E-state index contributed by atoms with van der Waals surface area (Å²) in [6.45, 7) is 7.94. The van der Waals surface area contributed by atoms with Crippen LogP contribution in [0.25, 0.3) is 11.1 Å². The predicted octanol–water partition coefficient (Wildman–Crippen LogP) is 3.02. The topological polar surface area (TPSA) is 52.2 Å². The number of carbonyl (C=O) groups excluding carboxylic acids is 1. The summed E-state index contributed by atoms with van der Waals surface area (Å²) in [6.07, 6.45) is 0.445. The first-order valence-corrected chi connectivity index (χ1v) is 6.43. The highest BCUT2D eigenvalue weighted by molar-refractivity contribution is 5.99. The van der Waals surface area contributed by atoms with E-state index in [4.69, 9.17) is 4.42 Å². The van der Waals surface area contributed by atoms with Gasteiger partial charge in [0.1, 0.15) is 0 Å². The van der Waals surface area contributed by atoms with E-state index in [9.17, 15) is 9.59 Å². The van der Waals surface area contributed by atoms with Gasteiger partial charge in [-0.1, -0.05) is 27.7 Å². The zero-order valence-electron chi connectivity index (χ0n) is 12.0. The molecule has 0 bridgehead atoms. The zero-order valence-corrected chi connectivity index (χ0v) is 12.0. The van der Waals surface area contributed by atoms with Crippen molar-refractivity contribution in [2.75, 3.05) is 0 Å². The van der Waals surface area contributed by atoms with E-state index in [0.717, 1.165) is 5.56 Å². The van der Waals surface area contributed by atoms with E-state index in [1.807, 2.05) is 33.8 Å². The average Bonchev–Trinajstić information content (AvgIpc) is 2.62. The number of hydrogen-bond acceptors (Lipinski definition) is 3. The van der Waals surface area contributed by atoms with E-state index in [1.54, 1.807) is 13.1 Å². The van der Waals surface area contributed by atoms with Gasteiger partial charge in [0.05, 0.1) is 5.52 Å². The fraction of sp³-hybridized carbons (Fsp3) is 0.467. The van der Waals surface area contributed by atoms with Crippen LogP contribution in [0.3, 0.4) is 0 Å². The van der Waals surface area contributed by atoms with E-state index >= 15 is 0 Å². The molecule has 4 heteroatoms. The van der Waals surface area contributed by atoms with Crippen molar-refractivity contribution in [3.63, 3.8) is 0 Å². The molecule has 0 saturated heterocycles. The molecule has 4 nitrogen and oxygen atoms in total. The molecule has 0 spiro atoms. The quantitative estimate of drug-likeness (QED) is 0.781. The monoisotopic (exact) mass is 261 g/mol. The minimum atomic E-state index is -0.401. The largest absolute Gasteiger partial charge is 0.419 e. The molecule has 0 fully saturated rings. The third-order valence-electron chi connectivity index (χ3n) is 3.35. The van der Waals surface area contributed by atoms with Crippen molar-refractivity contribution in [2.24, 2.45) is 7.05 Å². The summed E-state index contributed by atoms with van der Waals surface area (Å²) in [5.41, 5.74) is 2.58. The second kappa shape index (κ2) is 4.37. The Hall–Kier alpha value is -1.84. The number of hydrogen-bond donors (Lipinski definition) is 0. The molecule has 1 aromatic carbocycles. The Balaban J connectivity index is 2.88. The average molecular weight is 261 g/mol. The summed E-state index contributed by atoms with van der Waals surface area (Å²) in [5, 5.41) is 0. The Morgan fingerprint density at radius 1 is 1.32 bits per heavy atom. The van der Waals surface area contributed by atoms with Crippen LogP contribution in [0.2, 0.25) is 0 Å². The minimum Gasteiger partial charge on any atom is -0.407 e. The van der Waals surface area contributed by atoms with Crippen molar-refractivity contribution < 1.29 is 9.21 Å². The van der Waals surface area contributed by atoms with Gasteiger partial charge in [0.15, 0.2) is 11.4 Å². The molecular formula is C15H19NO3. The van der Waals surface area contributed by atoms with Gasteiger partial charge in [-0.25, -0.2) is 4.79 Å². The molecule has 0 saturated carbocycles. The first-order chi connectivity index (χ1) is 8.75. The summed E-state index contributed by atoms with van der Waals surface area (Å²) >= 11 is 0. The Bertz CT molecular complexity index is 698. The van der Waals surface area contributed by atoms with Crippen molar-refractivity contribution in [3.8, 4) is 0 Å². The lowest BCUT2D eigenvalue weighted by atomic mass is 9.85. The third-order valence-corrected chi connectivity index (χ3v) is 3.35. The Morgan fingerprint density at radius 3 is 2.47 bits per heavy atom. The summed E-state index contributed by atoms with van der Waals surface area (Å²) < 4.78 is 6.76. The standard InChI is InChI=1S/C15H19NO3/c1-6-12(17)9-7-10(15(2,3)4)13-11(8-9)16(5)14(18)19-13/h7-8H,6H2,1-5H3. The molecule has 1 heterocycles. The van der Waals surface area contributed by atoms with Gasteiger partial charge in [0.2, 0.25) is 0 Å². The number of aryl methyl sites for hydroxylation is 1.